The van der Waals surface area contributed by atoms with Gasteiger partial charge in [0.1, 0.15) is 5.82 Å². The smallest absolute Gasteiger partial charge is 0.222 e. The largest absolute Gasteiger partial charge is 0.375 e. The Labute approximate surface area is 113 Å². The van der Waals surface area contributed by atoms with Gasteiger partial charge in [0.2, 0.25) is 5.91 Å². The average Bonchev–Trinajstić information content (AvgIpc) is 2.41. The number of aryl methyl sites for hydroxylation is 1. The quantitative estimate of drug-likeness (QED) is 0.836. The molecule has 104 valence electrons. The number of ether oxygens (including phenoxy) is 1. The fourth-order valence-corrected chi connectivity index (χ4v) is 2.33. The van der Waals surface area contributed by atoms with Gasteiger partial charge in [-0.3, -0.25) is 4.79 Å². The van der Waals surface area contributed by atoms with Crippen LogP contribution in [0.4, 0.5) is 4.39 Å². The van der Waals surface area contributed by atoms with Crippen LogP contribution in [0.15, 0.2) is 24.3 Å². The first kappa shape index (κ1) is 14.0. The Balaban J connectivity index is 1.76. The van der Waals surface area contributed by atoms with Crippen molar-refractivity contribution in [1.29, 1.82) is 0 Å². The SMILES string of the molecule is CC1CN(C(=O)CCCc2ccccc2F)CCO1. The van der Waals surface area contributed by atoms with Gasteiger partial charge in [0.15, 0.2) is 0 Å². The molecule has 0 bridgehead atoms. The molecule has 2 rings (SSSR count). The van der Waals surface area contributed by atoms with Gasteiger partial charge in [-0.05, 0) is 31.4 Å². The van der Waals surface area contributed by atoms with Crippen LogP contribution in [0.3, 0.4) is 0 Å². The molecule has 1 amide bonds. The Morgan fingerprint density at radius 3 is 3.00 bits per heavy atom. The predicted molar refractivity (Wildman–Crippen MR) is 71.3 cm³/mol. The first-order chi connectivity index (χ1) is 9.16. The van der Waals surface area contributed by atoms with Crippen molar-refractivity contribution >= 4 is 5.91 Å². The van der Waals surface area contributed by atoms with Crippen molar-refractivity contribution in [2.45, 2.75) is 32.3 Å². The highest BCUT2D eigenvalue weighted by atomic mass is 19.1. The molecule has 1 aromatic rings. The number of hydrogen-bond donors (Lipinski definition) is 0. The van der Waals surface area contributed by atoms with E-state index in [1.54, 1.807) is 12.1 Å². The summed E-state index contributed by atoms with van der Waals surface area (Å²) in [5.41, 5.74) is 0.686. The molecule has 19 heavy (non-hydrogen) atoms. The van der Waals surface area contributed by atoms with Gasteiger partial charge in [-0.1, -0.05) is 18.2 Å². The molecule has 1 fully saturated rings. The highest BCUT2D eigenvalue weighted by Crippen LogP contribution is 2.12. The van der Waals surface area contributed by atoms with Crippen molar-refractivity contribution in [2.75, 3.05) is 19.7 Å². The van der Waals surface area contributed by atoms with Crippen LogP contribution in [0.1, 0.15) is 25.3 Å². The molecule has 0 aromatic heterocycles. The lowest BCUT2D eigenvalue weighted by molar-refractivity contribution is -0.138. The molecule has 3 nitrogen and oxygen atoms in total. The minimum Gasteiger partial charge on any atom is -0.375 e. The molecule has 1 unspecified atom stereocenters. The van der Waals surface area contributed by atoms with Gasteiger partial charge in [0.05, 0.1) is 12.7 Å². The molecule has 1 aromatic carbocycles. The fraction of sp³-hybridized carbons (Fsp3) is 0.533. The van der Waals surface area contributed by atoms with Gasteiger partial charge in [0.25, 0.3) is 0 Å². The second-order valence-electron chi connectivity index (χ2n) is 4.97. The monoisotopic (exact) mass is 265 g/mol. The fourth-order valence-electron chi connectivity index (χ4n) is 2.33. The minimum atomic E-state index is -0.185. The van der Waals surface area contributed by atoms with Crippen molar-refractivity contribution in [3.63, 3.8) is 0 Å². The zero-order valence-electron chi connectivity index (χ0n) is 11.3. The molecule has 1 saturated heterocycles. The number of nitrogens with zero attached hydrogens (tertiary/aromatic N) is 1. The molecule has 1 atom stereocenters. The lowest BCUT2D eigenvalue weighted by Crippen LogP contribution is -2.44. The Morgan fingerprint density at radius 1 is 1.47 bits per heavy atom. The maximum absolute atomic E-state index is 13.4. The van der Waals surface area contributed by atoms with E-state index in [0.29, 0.717) is 44.5 Å². The van der Waals surface area contributed by atoms with E-state index in [9.17, 15) is 9.18 Å². The number of amides is 1. The van der Waals surface area contributed by atoms with Crippen LogP contribution in [0.25, 0.3) is 0 Å². The molecular formula is C15H20FNO2. The number of halogens is 1. The first-order valence-corrected chi connectivity index (χ1v) is 6.79. The maximum Gasteiger partial charge on any atom is 0.222 e. The van der Waals surface area contributed by atoms with Crippen LogP contribution in [-0.4, -0.2) is 36.6 Å². The summed E-state index contributed by atoms with van der Waals surface area (Å²) in [4.78, 5) is 13.8. The lowest BCUT2D eigenvalue weighted by Gasteiger charge is -2.31. The van der Waals surface area contributed by atoms with Crippen molar-refractivity contribution in [3.8, 4) is 0 Å². The summed E-state index contributed by atoms with van der Waals surface area (Å²) >= 11 is 0. The normalized spacial score (nSPS) is 19.5. The average molecular weight is 265 g/mol. The van der Waals surface area contributed by atoms with Crippen LogP contribution < -0.4 is 0 Å². The number of carbonyl (C=O) groups is 1. The Bertz CT molecular complexity index is 436. The molecular weight excluding hydrogens is 245 g/mol. The molecule has 1 heterocycles. The summed E-state index contributed by atoms with van der Waals surface area (Å²) in [5, 5.41) is 0. The third-order valence-electron chi connectivity index (χ3n) is 3.39. The first-order valence-electron chi connectivity index (χ1n) is 6.79. The van der Waals surface area contributed by atoms with Gasteiger partial charge in [0, 0.05) is 19.5 Å². The third kappa shape index (κ3) is 4.03. The number of morpholine rings is 1. The highest BCUT2D eigenvalue weighted by Gasteiger charge is 2.20. The molecule has 0 aliphatic carbocycles. The summed E-state index contributed by atoms with van der Waals surface area (Å²) in [5.74, 6) is -0.0403. The summed E-state index contributed by atoms with van der Waals surface area (Å²) in [6.07, 6.45) is 1.88. The van der Waals surface area contributed by atoms with E-state index in [1.165, 1.54) is 6.07 Å². The van der Waals surface area contributed by atoms with Crippen LogP contribution in [0.2, 0.25) is 0 Å². The lowest BCUT2D eigenvalue weighted by atomic mass is 10.1. The van der Waals surface area contributed by atoms with E-state index >= 15 is 0 Å². The Hall–Kier alpha value is -1.42. The predicted octanol–water partition coefficient (Wildman–Crippen LogP) is 2.40. The van der Waals surface area contributed by atoms with E-state index < -0.39 is 0 Å². The van der Waals surface area contributed by atoms with Crippen molar-refractivity contribution in [3.05, 3.63) is 35.6 Å². The van der Waals surface area contributed by atoms with E-state index in [1.807, 2.05) is 17.9 Å². The standard InChI is InChI=1S/C15H20FNO2/c1-12-11-17(9-10-19-12)15(18)8-4-6-13-5-2-3-7-14(13)16/h2-3,5,7,12H,4,6,8-11H2,1H3. The minimum absolute atomic E-state index is 0.115. The summed E-state index contributed by atoms with van der Waals surface area (Å²) < 4.78 is 18.8. The summed E-state index contributed by atoms with van der Waals surface area (Å²) in [7, 11) is 0. The molecule has 1 aliphatic heterocycles. The van der Waals surface area contributed by atoms with Gasteiger partial charge in [-0.25, -0.2) is 4.39 Å². The van der Waals surface area contributed by atoms with Gasteiger partial charge in [-0.2, -0.15) is 0 Å². The topological polar surface area (TPSA) is 29.5 Å². The molecule has 1 aliphatic rings. The number of hydrogen-bond acceptors (Lipinski definition) is 2. The van der Waals surface area contributed by atoms with E-state index in [2.05, 4.69) is 0 Å². The number of rotatable bonds is 4. The van der Waals surface area contributed by atoms with E-state index in [4.69, 9.17) is 4.74 Å². The second-order valence-corrected chi connectivity index (χ2v) is 4.97. The van der Waals surface area contributed by atoms with E-state index in [-0.39, 0.29) is 17.8 Å². The Kier molecular flexibility index (Phi) is 4.91. The maximum atomic E-state index is 13.4. The third-order valence-corrected chi connectivity index (χ3v) is 3.39. The van der Waals surface area contributed by atoms with Crippen molar-refractivity contribution in [1.82, 2.24) is 4.90 Å². The molecule has 4 heteroatoms. The van der Waals surface area contributed by atoms with Crippen LogP contribution in [-0.2, 0) is 16.0 Å². The van der Waals surface area contributed by atoms with Crippen LogP contribution in [0.5, 0.6) is 0 Å². The summed E-state index contributed by atoms with van der Waals surface area (Å²) in [6, 6.07) is 6.74. The van der Waals surface area contributed by atoms with Crippen molar-refractivity contribution in [2.24, 2.45) is 0 Å². The molecule has 0 saturated carbocycles. The van der Waals surface area contributed by atoms with Crippen molar-refractivity contribution < 1.29 is 13.9 Å². The Morgan fingerprint density at radius 2 is 2.26 bits per heavy atom. The zero-order chi connectivity index (χ0) is 13.7. The van der Waals surface area contributed by atoms with Crippen LogP contribution >= 0.6 is 0 Å². The van der Waals surface area contributed by atoms with E-state index in [0.717, 1.165) is 0 Å². The zero-order valence-corrected chi connectivity index (χ0v) is 11.3. The number of carbonyl (C=O) groups excluding carboxylic acids is 1. The number of benzene rings is 1. The van der Waals surface area contributed by atoms with Gasteiger partial charge in [-0.15, -0.1) is 0 Å². The molecule has 0 N–H and O–H groups in total. The summed E-state index contributed by atoms with van der Waals surface area (Å²) in [6.45, 7) is 3.92. The highest BCUT2D eigenvalue weighted by molar-refractivity contribution is 5.76. The van der Waals surface area contributed by atoms with Gasteiger partial charge >= 0.3 is 0 Å². The molecule has 0 spiro atoms. The molecule has 0 radical (unpaired) electrons. The second kappa shape index (κ2) is 6.66. The van der Waals surface area contributed by atoms with Gasteiger partial charge < -0.3 is 9.64 Å². The van der Waals surface area contributed by atoms with Crippen LogP contribution in [0, 0.1) is 5.82 Å².